The third-order valence-electron chi connectivity index (χ3n) is 6.09. The van der Waals surface area contributed by atoms with Gasteiger partial charge in [0.25, 0.3) is 0 Å². The van der Waals surface area contributed by atoms with Gasteiger partial charge in [0.15, 0.2) is 0 Å². The number of carbonyl (C=O) groups is 2. The molecular weight excluding hydrogens is 474 g/mol. The molecule has 198 valence electrons. The molecule has 8 heteroatoms. The number of amides is 2. The predicted molar refractivity (Wildman–Crippen MR) is 146 cm³/mol. The van der Waals surface area contributed by atoms with Gasteiger partial charge in [-0.05, 0) is 49.3 Å². The van der Waals surface area contributed by atoms with Crippen LogP contribution in [-0.4, -0.2) is 57.1 Å². The zero-order valence-electron chi connectivity index (χ0n) is 22.2. The molecule has 2 amide bonds. The fourth-order valence-electron chi connectivity index (χ4n) is 4.14. The van der Waals surface area contributed by atoms with Crippen molar-refractivity contribution in [3.8, 4) is 0 Å². The fraction of sp³-hybridized carbons (Fsp3) is 0.500. The highest BCUT2D eigenvalue weighted by Crippen LogP contribution is 2.23. The molecule has 0 aliphatic carbocycles. The summed E-state index contributed by atoms with van der Waals surface area (Å²) in [4.78, 5) is 28.1. The maximum Gasteiger partial charge on any atom is 0.242 e. The van der Waals surface area contributed by atoms with Crippen LogP contribution in [0.2, 0.25) is 0 Å². The van der Waals surface area contributed by atoms with Crippen molar-refractivity contribution in [3.63, 3.8) is 0 Å². The Morgan fingerprint density at radius 3 is 2.19 bits per heavy atom. The number of rotatable bonds is 14. The summed E-state index contributed by atoms with van der Waals surface area (Å²) in [6.45, 7) is 9.00. The van der Waals surface area contributed by atoms with Crippen molar-refractivity contribution in [2.24, 2.45) is 5.92 Å². The minimum absolute atomic E-state index is 0.143. The van der Waals surface area contributed by atoms with Crippen LogP contribution in [0.4, 0.5) is 5.69 Å². The number of hydrogen-bond acceptors (Lipinski definition) is 4. The Morgan fingerprint density at radius 2 is 1.61 bits per heavy atom. The Kier molecular flexibility index (Phi) is 11.4. The van der Waals surface area contributed by atoms with E-state index in [1.165, 1.54) is 10.6 Å². The first-order valence-electron chi connectivity index (χ1n) is 12.7. The van der Waals surface area contributed by atoms with Crippen molar-refractivity contribution in [1.82, 2.24) is 10.2 Å². The molecule has 0 aliphatic heterocycles. The molecule has 1 N–H and O–H groups in total. The molecule has 0 heterocycles. The van der Waals surface area contributed by atoms with Crippen LogP contribution in [0.25, 0.3) is 0 Å². The summed E-state index contributed by atoms with van der Waals surface area (Å²) in [6.07, 6.45) is 2.83. The van der Waals surface area contributed by atoms with E-state index < -0.39 is 16.1 Å². The van der Waals surface area contributed by atoms with Gasteiger partial charge < -0.3 is 10.2 Å². The number of aryl methyl sites for hydroxylation is 1. The molecule has 7 nitrogen and oxygen atoms in total. The average molecular weight is 516 g/mol. The van der Waals surface area contributed by atoms with Crippen molar-refractivity contribution in [3.05, 3.63) is 65.7 Å². The number of anilines is 1. The predicted octanol–water partition coefficient (Wildman–Crippen LogP) is 4.16. The van der Waals surface area contributed by atoms with E-state index in [1.807, 2.05) is 70.2 Å². The first kappa shape index (κ1) is 29.4. The Balaban J connectivity index is 2.16. The second kappa shape index (κ2) is 14.0. The van der Waals surface area contributed by atoms with Gasteiger partial charge in [-0.15, -0.1) is 0 Å². The first-order valence-corrected chi connectivity index (χ1v) is 14.5. The summed E-state index contributed by atoms with van der Waals surface area (Å²) in [7, 11) is -3.51. The van der Waals surface area contributed by atoms with E-state index in [0.29, 0.717) is 44.0 Å². The number of sulfonamides is 1. The first-order chi connectivity index (χ1) is 17.0. The average Bonchev–Trinajstić information content (AvgIpc) is 2.83. The fourth-order valence-corrected chi connectivity index (χ4v) is 5.17. The third-order valence-corrected chi connectivity index (χ3v) is 7.27. The van der Waals surface area contributed by atoms with Gasteiger partial charge in [-0.2, -0.15) is 0 Å². The number of carbonyl (C=O) groups excluding carboxylic acids is 2. The van der Waals surface area contributed by atoms with Crippen LogP contribution in [-0.2, 0) is 26.0 Å². The largest absolute Gasteiger partial charge is 0.354 e. The van der Waals surface area contributed by atoms with Crippen LogP contribution in [0.5, 0.6) is 0 Å². The Morgan fingerprint density at radius 1 is 0.972 bits per heavy atom. The molecule has 0 saturated heterocycles. The quantitative estimate of drug-likeness (QED) is 0.409. The minimum atomic E-state index is -3.51. The van der Waals surface area contributed by atoms with Crippen molar-refractivity contribution in [1.29, 1.82) is 0 Å². The molecule has 2 rings (SSSR count). The SMILES string of the molecule is CC[C@H](C(=O)NCC(C)C)N(CCc1ccccc1)C(=O)CCCN(c1ccccc1C)S(C)(=O)=O. The van der Waals surface area contributed by atoms with Gasteiger partial charge in [0, 0.05) is 26.1 Å². The van der Waals surface area contributed by atoms with Crippen LogP contribution < -0.4 is 9.62 Å². The molecule has 0 radical (unpaired) electrons. The van der Waals surface area contributed by atoms with Gasteiger partial charge in [0.05, 0.1) is 11.9 Å². The molecule has 0 unspecified atom stereocenters. The van der Waals surface area contributed by atoms with Crippen molar-refractivity contribution in [2.75, 3.05) is 30.2 Å². The lowest BCUT2D eigenvalue weighted by Crippen LogP contribution is -2.50. The molecule has 0 aromatic heterocycles. The highest BCUT2D eigenvalue weighted by atomic mass is 32.2. The van der Waals surface area contributed by atoms with Crippen LogP contribution in [0.3, 0.4) is 0 Å². The molecule has 1 atom stereocenters. The highest BCUT2D eigenvalue weighted by molar-refractivity contribution is 7.92. The zero-order valence-corrected chi connectivity index (χ0v) is 23.1. The second-order valence-corrected chi connectivity index (χ2v) is 11.5. The van der Waals surface area contributed by atoms with Gasteiger partial charge in [0.2, 0.25) is 21.8 Å². The topological polar surface area (TPSA) is 86.8 Å². The Bertz CT molecular complexity index is 1090. The molecule has 2 aromatic carbocycles. The van der Waals surface area contributed by atoms with Crippen LogP contribution >= 0.6 is 0 Å². The van der Waals surface area contributed by atoms with Gasteiger partial charge in [0.1, 0.15) is 6.04 Å². The smallest absolute Gasteiger partial charge is 0.242 e. The highest BCUT2D eigenvalue weighted by Gasteiger charge is 2.28. The van der Waals surface area contributed by atoms with E-state index in [1.54, 1.807) is 17.0 Å². The third kappa shape index (κ3) is 8.97. The maximum atomic E-state index is 13.4. The monoisotopic (exact) mass is 515 g/mol. The molecule has 0 aliphatic rings. The molecule has 0 saturated carbocycles. The molecule has 0 bridgehead atoms. The molecule has 0 fully saturated rings. The lowest BCUT2D eigenvalue weighted by molar-refractivity contribution is -0.140. The number of nitrogens with zero attached hydrogens (tertiary/aromatic N) is 2. The number of benzene rings is 2. The van der Waals surface area contributed by atoms with Crippen LogP contribution in [0.1, 0.15) is 51.2 Å². The summed E-state index contributed by atoms with van der Waals surface area (Å²) >= 11 is 0. The summed E-state index contributed by atoms with van der Waals surface area (Å²) in [5, 5.41) is 2.97. The number of para-hydroxylation sites is 1. The van der Waals surface area contributed by atoms with E-state index in [9.17, 15) is 18.0 Å². The van der Waals surface area contributed by atoms with E-state index in [0.717, 1.165) is 11.1 Å². The summed E-state index contributed by atoms with van der Waals surface area (Å²) in [6, 6.07) is 16.6. The van der Waals surface area contributed by atoms with Gasteiger partial charge in [-0.3, -0.25) is 13.9 Å². The van der Waals surface area contributed by atoms with Crippen LogP contribution in [0.15, 0.2) is 54.6 Å². The van der Waals surface area contributed by atoms with E-state index in [4.69, 9.17) is 0 Å². The molecule has 0 spiro atoms. The standard InChI is InChI=1S/C28H41N3O4S/c1-6-25(28(33)29-21-22(2)3)30(20-18-24-14-8-7-9-15-24)27(32)17-12-19-31(36(5,34)35)26-16-11-10-13-23(26)4/h7-11,13-16,22,25H,6,12,17-21H2,1-5H3,(H,29,33)/t25-/m1/s1. The zero-order chi connectivity index (χ0) is 26.7. The van der Waals surface area contributed by atoms with Gasteiger partial charge in [-0.1, -0.05) is 69.3 Å². The van der Waals surface area contributed by atoms with Crippen LogP contribution in [0, 0.1) is 12.8 Å². The Hall–Kier alpha value is -2.87. The number of hydrogen-bond donors (Lipinski definition) is 1. The van der Waals surface area contributed by atoms with E-state index >= 15 is 0 Å². The van der Waals surface area contributed by atoms with E-state index in [-0.39, 0.29) is 24.8 Å². The maximum absolute atomic E-state index is 13.4. The molecular formula is C28H41N3O4S. The van der Waals surface area contributed by atoms with Crippen molar-refractivity contribution >= 4 is 27.5 Å². The summed E-state index contributed by atoms with van der Waals surface area (Å²) in [5.41, 5.74) is 2.56. The summed E-state index contributed by atoms with van der Waals surface area (Å²) in [5.74, 6) is 0.0179. The minimum Gasteiger partial charge on any atom is -0.354 e. The normalized spacial score (nSPS) is 12.3. The molecule has 36 heavy (non-hydrogen) atoms. The van der Waals surface area contributed by atoms with Crippen molar-refractivity contribution < 1.29 is 18.0 Å². The van der Waals surface area contributed by atoms with E-state index in [2.05, 4.69) is 5.32 Å². The lowest BCUT2D eigenvalue weighted by Gasteiger charge is -2.31. The Labute approximate surface area is 216 Å². The van der Waals surface area contributed by atoms with Gasteiger partial charge >= 0.3 is 0 Å². The van der Waals surface area contributed by atoms with Crippen molar-refractivity contribution in [2.45, 2.75) is 59.4 Å². The lowest BCUT2D eigenvalue weighted by atomic mass is 10.1. The molecule has 2 aromatic rings. The second-order valence-electron chi connectivity index (χ2n) is 9.61. The number of nitrogens with one attached hydrogen (secondary N) is 1. The van der Waals surface area contributed by atoms with Gasteiger partial charge in [-0.25, -0.2) is 8.42 Å². The summed E-state index contributed by atoms with van der Waals surface area (Å²) < 4.78 is 26.4.